The van der Waals surface area contributed by atoms with Crippen LogP contribution in [0.15, 0.2) is 36.5 Å². The van der Waals surface area contributed by atoms with E-state index >= 15 is 0 Å². The summed E-state index contributed by atoms with van der Waals surface area (Å²) in [6.07, 6.45) is 61.5. The molecule has 0 aliphatic rings. The fraction of sp³-hybridized carbons (Fsp3) is 0.855. The SMILES string of the molecule is CC/C=C\C/C=C\C/C=C\CCCCCCOCC(COC(=O)CCCCCCCCCCCCCCCCCCC)OC(=O)CCCCCCCCCCCCCCC. The molecular formula is C55H102O5. The average Bonchev–Trinajstić information content (AvgIpc) is 3.25. The van der Waals surface area contributed by atoms with Crippen molar-refractivity contribution in [3.63, 3.8) is 0 Å². The minimum atomic E-state index is -0.541. The third-order valence-corrected chi connectivity index (χ3v) is 11.7. The highest BCUT2D eigenvalue weighted by atomic mass is 16.6. The summed E-state index contributed by atoms with van der Waals surface area (Å²) in [6.45, 7) is 7.72. The molecule has 0 N–H and O–H groups in total. The van der Waals surface area contributed by atoms with Gasteiger partial charge in [0.2, 0.25) is 0 Å². The Hall–Kier alpha value is -1.88. The molecule has 5 nitrogen and oxygen atoms in total. The van der Waals surface area contributed by atoms with E-state index in [4.69, 9.17) is 14.2 Å². The fourth-order valence-electron chi connectivity index (χ4n) is 7.76. The predicted molar refractivity (Wildman–Crippen MR) is 261 cm³/mol. The maximum absolute atomic E-state index is 12.8. The molecular weight excluding hydrogens is 741 g/mol. The first kappa shape index (κ1) is 58.1. The van der Waals surface area contributed by atoms with Gasteiger partial charge in [0.05, 0.1) is 6.61 Å². The molecule has 0 aromatic heterocycles. The monoisotopic (exact) mass is 843 g/mol. The summed E-state index contributed by atoms with van der Waals surface area (Å²) < 4.78 is 17.4. The number of carbonyl (C=O) groups is 2. The van der Waals surface area contributed by atoms with Gasteiger partial charge in [-0.05, 0) is 51.4 Å². The Morgan fingerprint density at radius 1 is 0.383 bits per heavy atom. The van der Waals surface area contributed by atoms with Crippen LogP contribution in [-0.4, -0.2) is 37.9 Å². The van der Waals surface area contributed by atoms with Crippen molar-refractivity contribution in [1.82, 2.24) is 0 Å². The number of hydrogen-bond acceptors (Lipinski definition) is 5. The maximum atomic E-state index is 12.8. The topological polar surface area (TPSA) is 61.8 Å². The van der Waals surface area contributed by atoms with E-state index in [1.807, 2.05) is 0 Å². The molecule has 1 atom stereocenters. The Bertz CT molecular complexity index is 955. The van der Waals surface area contributed by atoms with Crippen LogP contribution in [0.4, 0.5) is 0 Å². The van der Waals surface area contributed by atoms with E-state index in [-0.39, 0.29) is 25.2 Å². The van der Waals surface area contributed by atoms with Gasteiger partial charge in [-0.2, -0.15) is 0 Å². The van der Waals surface area contributed by atoms with E-state index in [1.54, 1.807) is 0 Å². The van der Waals surface area contributed by atoms with Crippen molar-refractivity contribution in [2.24, 2.45) is 0 Å². The minimum Gasteiger partial charge on any atom is -0.462 e. The van der Waals surface area contributed by atoms with E-state index in [0.717, 1.165) is 64.2 Å². The number of unbranched alkanes of at least 4 members (excludes halogenated alkanes) is 32. The predicted octanol–water partition coefficient (Wildman–Crippen LogP) is 17.8. The van der Waals surface area contributed by atoms with E-state index in [2.05, 4.69) is 57.2 Å². The van der Waals surface area contributed by atoms with Crippen molar-refractivity contribution < 1.29 is 23.8 Å². The van der Waals surface area contributed by atoms with Crippen LogP contribution in [0.3, 0.4) is 0 Å². The summed E-state index contributed by atoms with van der Waals surface area (Å²) in [5.74, 6) is -0.393. The lowest BCUT2D eigenvalue weighted by Crippen LogP contribution is -2.30. The van der Waals surface area contributed by atoms with Crippen molar-refractivity contribution in [3.8, 4) is 0 Å². The Morgan fingerprint density at radius 2 is 0.750 bits per heavy atom. The molecule has 0 saturated heterocycles. The van der Waals surface area contributed by atoms with Crippen molar-refractivity contribution in [1.29, 1.82) is 0 Å². The molecule has 0 aromatic rings. The molecule has 0 bridgehead atoms. The van der Waals surface area contributed by atoms with Crippen LogP contribution in [0.2, 0.25) is 0 Å². The van der Waals surface area contributed by atoms with E-state index in [0.29, 0.717) is 19.4 Å². The Balaban J connectivity index is 4.23. The van der Waals surface area contributed by atoms with Crippen molar-refractivity contribution in [3.05, 3.63) is 36.5 Å². The quantitative estimate of drug-likeness (QED) is 0.0347. The molecule has 0 aliphatic heterocycles. The molecule has 0 heterocycles. The van der Waals surface area contributed by atoms with Crippen LogP contribution in [0.5, 0.6) is 0 Å². The Morgan fingerprint density at radius 3 is 1.20 bits per heavy atom. The number of esters is 2. The highest BCUT2D eigenvalue weighted by Gasteiger charge is 2.17. The standard InChI is InChI=1S/C55H102O5/c1-4-7-10-13-16-19-22-25-27-28-29-31-33-36-39-42-45-48-54(56)59-52-53(51-58-50-47-44-41-38-35-32-26-23-20-17-14-11-8-5-2)60-55(57)49-46-43-40-37-34-30-24-21-18-15-12-9-6-3/h8,11,17,20,26,32,53H,4-7,9-10,12-16,18-19,21-25,27-31,33-52H2,1-3H3/b11-8-,20-17-,32-26-. The lowest BCUT2D eigenvalue weighted by atomic mass is 10.0. The highest BCUT2D eigenvalue weighted by Crippen LogP contribution is 2.16. The summed E-state index contributed by atoms with van der Waals surface area (Å²) in [4.78, 5) is 25.4. The molecule has 0 aromatic carbocycles. The Labute approximate surface area is 374 Å². The molecule has 352 valence electrons. The van der Waals surface area contributed by atoms with Gasteiger partial charge in [-0.25, -0.2) is 0 Å². The third-order valence-electron chi connectivity index (χ3n) is 11.7. The molecule has 0 radical (unpaired) electrons. The van der Waals surface area contributed by atoms with Crippen LogP contribution in [0.25, 0.3) is 0 Å². The van der Waals surface area contributed by atoms with Gasteiger partial charge >= 0.3 is 11.9 Å². The zero-order chi connectivity index (χ0) is 43.5. The molecule has 60 heavy (non-hydrogen) atoms. The van der Waals surface area contributed by atoms with E-state index in [9.17, 15) is 9.59 Å². The molecule has 0 rings (SSSR count). The van der Waals surface area contributed by atoms with Crippen molar-refractivity contribution in [2.75, 3.05) is 19.8 Å². The summed E-state index contributed by atoms with van der Waals surface area (Å²) in [5.41, 5.74) is 0. The van der Waals surface area contributed by atoms with Gasteiger partial charge in [-0.1, -0.05) is 250 Å². The van der Waals surface area contributed by atoms with Gasteiger partial charge in [0.25, 0.3) is 0 Å². The normalized spacial score (nSPS) is 12.4. The summed E-state index contributed by atoms with van der Waals surface area (Å²) in [7, 11) is 0. The van der Waals surface area contributed by atoms with Crippen molar-refractivity contribution in [2.45, 2.75) is 284 Å². The van der Waals surface area contributed by atoms with Crippen LogP contribution >= 0.6 is 0 Å². The van der Waals surface area contributed by atoms with Gasteiger partial charge in [0, 0.05) is 19.4 Å². The molecule has 0 fully saturated rings. The second-order valence-corrected chi connectivity index (χ2v) is 17.8. The number of carbonyl (C=O) groups excluding carboxylic acids is 2. The first-order valence-electron chi connectivity index (χ1n) is 26.5. The average molecular weight is 843 g/mol. The summed E-state index contributed by atoms with van der Waals surface area (Å²) >= 11 is 0. The lowest BCUT2D eigenvalue weighted by Gasteiger charge is -2.18. The number of allylic oxidation sites excluding steroid dienone is 6. The number of rotatable bonds is 49. The second-order valence-electron chi connectivity index (χ2n) is 17.8. The van der Waals surface area contributed by atoms with Gasteiger partial charge in [-0.15, -0.1) is 0 Å². The summed E-state index contributed by atoms with van der Waals surface area (Å²) in [5, 5.41) is 0. The number of hydrogen-bond donors (Lipinski definition) is 0. The highest BCUT2D eigenvalue weighted by molar-refractivity contribution is 5.70. The van der Waals surface area contributed by atoms with Gasteiger partial charge in [-0.3, -0.25) is 9.59 Å². The first-order valence-corrected chi connectivity index (χ1v) is 26.5. The van der Waals surface area contributed by atoms with E-state index in [1.165, 1.54) is 180 Å². The molecule has 0 spiro atoms. The lowest BCUT2D eigenvalue weighted by molar-refractivity contribution is -0.163. The molecule has 0 aliphatic carbocycles. The second kappa shape index (κ2) is 51.5. The largest absolute Gasteiger partial charge is 0.462 e. The minimum absolute atomic E-state index is 0.0824. The van der Waals surface area contributed by atoms with Gasteiger partial charge in [0.15, 0.2) is 6.10 Å². The van der Waals surface area contributed by atoms with Gasteiger partial charge < -0.3 is 14.2 Å². The molecule has 0 saturated carbocycles. The van der Waals surface area contributed by atoms with Crippen LogP contribution in [-0.2, 0) is 23.8 Å². The number of ether oxygens (including phenoxy) is 3. The smallest absolute Gasteiger partial charge is 0.306 e. The third kappa shape index (κ3) is 48.8. The molecule has 0 amide bonds. The zero-order valence-corrected chi connectivity index (χ0v) is 40.5. The molecule has 1 unspecified atom stereocenters. The first-order chi connectivity index (χ1) is 29.6. The van der Waals surface area contributed by atoms with Gasteiger partial charge in [0.1, 0.15) is 6.61 Å². The van der Waals surface area contributed by atoms with Crippen LogP contribution < -0.4 is 0 Å². The maximum Gasteiger partial charge on any atom is 0.306 e. The molecule has 5 heteroatoms. The van der Waals surface area contributed by atoms with E-state index < -0.39 is 6.10 Å². The Kier molecular flexibility index (Phi) is 49.9. The summed E-state index contributed by atoms with van der Waals surface area (Å²) in [6, 6.07) is 0. The van der Waals surface area contributed by atoms with Crippen LogP contribution in [0, 0.1) is 0 Å². The fourth-order valence-corrected chi connectivity index (χ4v) is 7.76. The zero-order valence-electron chi connectivity index (χ0n) is 40.5. The van der Waals surface area contributed by atoms with Crippen LogP contribution in [0.1, 0.15) is 278 Å². The van der Waals surface area contributed by atoms with Crippen molar-refractivity contribution >= 4 is 11.9 Å².